The van der Waals surface area contributed by atoms with Crippen LogP contribution in [0.5, 0.6) is 0 Å². The average molecular weight is 471 g/mol. The van der Waals surface area contributed by atoms with Crippen LogP contribution in [0.25, 0.3) is 0 Å². The minimum atomic E-state index is -3.84. The van der Waals surface area contributed by atoms with Gasteiger partial charge < -0.3 is 15.5 Å². The quantitative estimate of drug-likeness (QED) is 0.518. The van der Waals surface area contributed by atoms with Crippen LogP contribution in [0.15, 0.2) is 52.4 Å². The molecule has 0 bridgehead atoms. The van der Waals surface area contributed by atoms with Crippen LogP contribution in [0.4, 0.5) is 28.8 Å². The standard InChI is InChI=1S/C21H22N6O3S2/c1-12-4-5-15(9-18(12)32(22,29)30)25-21-23-10-13(2)20(26-21)24-14-6-7-17-16(8-14)27(3)19(28)11-31-17/h4-10H,11H2,1-3H3,(H2,22,29,30)(H2,23,24,25,26). The van der Waals surface area contributed by atoms with Crippen LogP contribution in [0, 0.1) is 13.8 Å². The Hall–Kier alpha value is -3.15. The molecule has 1 amide bonds. The van der Waals surface area contributed by atoms with Crippen molar-refractivity contribution in [3.8, 4) is 0 Å². The Balaban J connectivity index is 1.60. The number of fused-ring (bicyclic) bond motifs is 1. The van der Waals surface area contributed by atoms with Gasteiger partial charge in [0.1, 0.15) is 5.82 Å². The van der Waals surface area contributed by atoms with Crippen molar-refractivity contribution in [1.29, 1.82) is 0 Å². The van der Waals surface area contributed by atoms with Gasteiger partial charge in [-0.1, -0.05) is 6.07 Å². The van der Waals surface area contributed by atoms with Gasteiger partial charge in [-0.25, -0.2) is 18.5 Å². The van der Waals surface area contributed by atoms with Gasteiger partial charge in [-0.3, -0.25) is 4.79 Å². The number of nitrogens with zero attached hydrogens (tertiary/aromatic N) is 3. The second-order valence-corrected chi connectivity index (χ2v) is 9.97. The van der Waals surface area contributed by atoms with Crippen LogP contribution in [-0.4, -0.2) is 37.1 Å². The molecule has 0 saturated carbocycles. The Labute approximate surface area is 190 Å². The molecular weight excluding hydrogens is 448 g/mol. The summed E-state index contributed by atoms with van der Waals surface area (Å²) in [6.45, 7) is 3.55. The van der Waals surface area contributed by atoms with Gasteiger partial charge in [0.2, 0.25) is 21.9 Å². The third-order valence-corrected chi connectivity index (χ3v) is 7.13. The van der Waals surface area contributed by atoms with Crippen LogP contribution in [0.2, 0.25) is 0 Å². The molecule has 0 atom stereocenters. The van der Waals surface area contributed by atoms with Crippen molar-refractivity contribution < 1.29 is 13.2 Å². The summed E-state index contributed by atoms with van der Waals surface area (Å²) in [5.74, 6) is 1.37. The monoisotopic (exact) mass is 470 g/mol. The van der Waals surface area contributed by atoms with Gasteiger partial charge in [0.15, 0.2) is 0 Å². The maximum absolute atomic E-state index is 12.0. The number of carbonyl (C=O) groups excluding carboxylic acids is 1. The van der Waals surface area contributed by atoms with E-state index in [0.29, 0.717) is 28.8 Å². The highest BCUT2D eigenvalue weighted by molar-refractivity contribution is 8.00. The van der Waals surface area contributed by atoms with E-state index in [1.54, 1.807) is 37.2 Å². The third-order valence-electron chi connectivity index (χ3n) is 5.03. The highest BCUT2D eigenvalue weighted by Crippen LogP contribution is 2.37. The molecule has 0 unspecified atom stereocenters. The normalized spacial score (nSPS) is 13.6. The topological polar surface area (TPSA) is 130 Å². The summed E-state index contributed by atoms with van der Waals surface area (Å²) < 4.78 is 23.6. The summed E-state index contributed by atoms with van der Waals surface area (Å²) in [4.78, 5) is 23.6. The molecule has 0 fully saturated rings. The lowest BCUT2D eigenvalue weighted by Gasteiger charge is -2.25. The fourth-order valence-corrected chi connectivity index (χ4v) is 5.02. The van der Waals surface area contributed by atoms with Gasteiger partial charge in [-0.15, -0.1) is 11.8 Å². The Morgan fingerprint density at radius 3 is 2.53 bits per heavy atom. The number of thioether (sulfide) groups is 1. The first-order chi connectivity index (χ1) is 15.1. The molecule has 4 N–H and O–H groups in total. The van der Waals surface area contributed by atoms with Gasteiger partial charge in [-0.2, -0.15) is 4.98 Å². The minimum absolute atomic E-state index is 0.0403. The number of amides is 1. The van der Waals surface area contributed by atoms with Crippen molar-refractivity contribution in [2.45, 2.75) is 23.6 Å². The highest BCUT2D eigenvalue weighted by Gasteiger charge is 2.21. The Morgan fingerprint density at radius 1 is 1.06 bits per heavy atom. The molecule has 32 heavy (non-hydrogen) atoms. The molecule has 9 nitrogen and oxygen atoms in total. The zero-order chi connectivity index (χ0) is 23.0. The molecule has 2 aromatic carbocycles. The Kier molecular flexibility index (Phi) is 5.80. The van der Waals surface area contributed by atoms with E-state index in [-0.39, 0.29) is 10.8 Å². The number of rotatable bonds is 5. The van der Waals surface area contributed by atoms with Crippen molar-refractivity contribution in [2.75, 3.05) is 28.3 Å². The molecule has 0 aliphatic carbocycles. The van der Waals surface area contributed by atoms with Crippen molar-refractivity contribution >= 4 is 56.5 Å². The smallest absolute Gasteiger partial charge is 0.238 e. The summed E-state index contributed by atoms with van der Waals surface area (Å²) >= 11 is 1.52. The molecule has 1 aliphatic heterocycles. The number of benzene rings is 2. The lowest BCUT2D eigenvalue weighted by molar-refractivity contribution is -0.116. The fourth-order valence-electron chi connectivity index (χ4n) is 3.23. The average Bonchev–Trinajstić information content (AvgIpc) is 2.74. The molecule has 0 saturated heterocycles. The van der Waals surface area contributed by atoms with E-state index in [1.807, 2.05) is 25.1 Å². The molecule has 1 aliphatic rings. The molecule has 2 heterocycles. The second-order valence-electron chi connectivity index (χ2n) is 7.42. The minimum Gasteiger partial charge on any atom is -0.340 e. The van der Waals surface area contributed by atoms with Crippen molar-refractivity contribution in [2.24, 2.45) is 5.14 Å². The van der Waals surface area contributed by atoms with E-state index < -0.39 is 10.0 Å². The van der Waals surface area contributed by atoms with Gasteiger partial charge in [0.25, 0.3) is 0 Å². The lowest BCUT2D eigenvalue weighted by atomic mass is 10.2. The molecule has 166 valence electrons. The van der Waals surface area contributed by atoms with Crippen molar-refractivity contribution in [1.82, 2.24) is 9.97 Å². The number of nitrogens with one attached hydrogen (secondary N) is 2. The number of primary sulfonamides is 1. The number of anilines is 5. The number of hydrogen-bond acceptors (Lipinski definition) is 8. The van der Waals surface area contributed by atoms with Crippen molar-refractivity contribution in [3.05, 3.63) is 53.7 Å². The highest BCUT2D eigenvalue weighted by atomic mass is 32.2. The number of nitrogens with two attached hydrogens (primary N) is 1. The summed E-state index contributed by atoms with van der Waals surface area (Å²) in [5, 5.41) is 11.6. The maximum atomic E-state index is 12.0. The van der Waals surface area contributed by atoms with Crippen LogP contribution < -0.4 is 20.7 Å². The van der Waals surface area contributed by atoms with Gasteiger partial charge in [-0.05, 0) is 49.7 Å². The number of aromatic nitrogens is 2. The largest absolute Gasteiger partial charge is 0.340 e. The van der Waals surface area contributed by atoms with Gasteiger partial charge in [0, 0.05) is 35.1 Å². The van der Waals surface area contributed by atoms with Gasteiger partial charge >= 0.3 is 0 Å². The first-order valence-corrected chi connectivity index (χ1v) is 12.2. The molecule has 1 aromatic heterocycles. The number of sulfonamides is 1. The van der Waals surface area contributed by atoms with Crippen LogP contribution >= 0.6 is 11.8 Å². The summed E-state index contributed by atoms with van der Waals surface area (Å²) in [7, 11) is -2.08. The number of hydrogen-bond donors (Lipinski definition) is 3. The molecule has 11 heteroatoms. The van der Waals surface area contributed by atoms with Crippen LogP contribution in [0.3, 0.4) is 0 Å². The SMILES string of the molecule is Cc1ccc(Nc2ncc(C)c(Nc3ccc4c(c3)N(C)C(=O)CS4)n2)cc1S(N)(=O)=O. The molecular formula is C21H22N6O3S2. The number of aryl methyl sites for hydroxylation is 2. The predicted molar refractivity (Wildman–Crippen MR) is 126 cm³/mol. The van der Waals surface area contributed by atoms with E-state index in [1.165, 1.54) is 17.8 Å². The molecule has 3 aromatic rings. The maximum Gasteiger partial charge on any atom is 0.238 e. The third kappa shape index (κ3) is 4.54. The van der Waals surface area contributed by atoms with E-state index in [2.05, 4.69) is 20.6 Å². The fraction of sp³-hybridized carbons (Fsp3) is 0.190. The zero-order valence-corrected chi connectivity index (χ0v) is 19.3. The first kappa shape index (κ1) is 22.1. The van der Waals surface area contributed by atoms with Crippen LogP contribution in [0.1, 0.15) is 11.1 Å². The molecule has 0 spiro atoms. The molecule has 4 rings (SSSR count). The first-order valence-electron chi connectivity index (χ1n) is 9.66. The van der Waals surface area contributed by atoms with Crippen molar-refractivity contribution in [3.63, 3.8) is 0 Å². The van der Waals surface area contributed by atoms with E-state index >= 15 is 0 Å². The molecule has 0 radical (unpaired) electrons. The van der Waals surface area contributed by atoms with Gasteiger partial charge in [0.05, 0.1) is 16.3 Å². The summed E-state index contributed by atoms with van der Waals surface area (Å²) in [5.41, 5.74) is 3.50. The Bertz CT molecular complexity index is 1330. The van der Waals surface area contributed by atoms with Crippen LogP contribution in [-0.2, 0) is 14.8 Å². The Morgan fingerprint density at radius 2 is 1.78 bits per heavy atom. The lowest BCUT2D eigenvalue weighted by Crippen LogP contribution is -2.31. The summed E-state index contributed by atoms with van der Waals surface area (Å²) in [6, 6.07) is 10.7. The van der Waals surface area contributed by atoms with E-state index in [4.69, 9.17) is 5.14 Å². The zero-order valence-electron chi connectivity index (χ0n) is 17.7. The second kappa shape index (κ2) is 8.41. The summed E-state index contributed by atoms with van der Waals surface area (Å²) in [6.07, 6.45) is 1.66. The predicted octanol–water partition coefficient (Wildman–Crippen LogP) is 3.30. The van der Waals surface area contributed by atoms with E-state index in [0.717, 1.165) is 21.8 Å². The number of carbonyl (C=O) groups is 1. The van der Waals surface area contributed by atoms with E-state index in [9.17, 15) is 13.2 Å².